The van der Waals surface area contributed by atoms with Gasteiger partial charge in [-0.05, 0) is 69.1 Å². The number of nitrogens with zero attached hydrogens (tertiary/aromatic N) is 4. The van der Waals surface area contributed by atoms with Gasteiger partial charge in [-0.25, -0.2) is 8.42 Å². The fraction of sp³-hybridized carbons (Fsp3) is 0.481. The highest BCUT2D eigenvalue weighted by molar-refractivity contribution is 8.02. The first-order chi connectivity index (χ1) is 17.9. The van der Waals surface area contributed by atoms with Gasteiger partial charge < -0.3 is 0 Å². The Bertz CT molecular complexity index is 1300. The van der Waals surface area contributed by atoms with Crippen molar-refractivity contribution < 1.29 is 18.0 Å². The van der Waals surface area contributed by atoms with E-state index in [0.717, 1.165) is 56.4 Å². The maximum absolute atomic E-state index is 14.2. The summed E-state index contributed by atoms with van der Waals surface area (Å²) in [7, 11) is -3.58. The van der Waals surface area contributed by atoms with E-state index in [0.29, 0.717) is 25.4 Å². The molecule has 37 heavy (non-hydrogen) atoms. The minimum atomic E-state index is -3.58. The summed E-state index contributed by atoms with van der Waals surface area (Å²) in [6.07, 6.45) is 6.25. The number of fused-ring (bicyclic) bond motifs is 2. The summed E-state index contributed by atoms with van der Waals surface area (Å²) in [5.41, 5.74) is 2.20. The van der Waals surface area contributed by atoms with E-state index in [1.54, 1.807) is 33.5 Å². The molecule has 2 amide bonds. The maximum atomic E-state index is 14.2. The molecule has 4 heterocycles. The Morgan fingerprint density at radius 3 is 2.16 bits per heavy atom. The number of anilines is 2. The van der Waals surface area contributed by atoms with E-state index in [1.165, 1.54) is 18.2 Å². The molecule has 0 saturated carbocycles. The van der Waals surface area contributed by atoms with Gasteiger partial charge in [0, 0.05) is 24.3 Å². The Hall–Kier alpha value is -2.40. The zero-order chi connectivity index (χ0) is 25.6. The van der Waals surface area contributed by atoms with E-state index in [-0.39, 0.29) is 22.5 Å². The highest BCUT2D eigenvalue weighted by Gasteiger charge is 2.61. The number of carbonyl (C=O) groups excluding carboxylic acids is 2. The molecule has 0 N–H and O–H groups in total. The van der Waals surface area contributed by atoms with Crippen molar-refractivity contribution in [1.82, 2.24) is 9.21 Å². The zero-order valence-corrected chi connectivity index (χ0v) is 22.5. The molecule has 3 saturated heterocycles. The second-order valence-corrected chi connectivity index (χ2v) is 13.3. The van der Waals surface area contributed by atoms with Crippen molar-refractivity contribution >= 4 is 45.0 Å². The summed E-state index contributed by atoms with van der Waals surface area (Å²) in [5.74, 6) is -0.0782. The lowest BCUT2D eigenvalue weighted by Crippen LogP contribution is -2.52. The van der Waals surface area contributed by atoms with Crippen LogP contribution >= 0.6 is 11.8 Å². The molecular formula is C27H32N4O4S2. The lowest BCUT2D eigenvalue weighted by Gasteiger charge is -2.35. The van der Waals surface area contributed by atoms with Crippen molar-refractivity contribution in [2.75, 3.05) is 48.4 Å². The van der Waals surface area contributed by atoms with Crippen LogP contribution in [0.3, 0.4) is 0 Å². The Balaban J connectivity index is 1.35. The SMILES string of the molecule is O=C1CSC2(C(=O)N(CN3CCCCC3)c3ccccc32)N1c1ccc(S(=O)(=O)N2CCCCC2)cc1. The minimum Gasteiger partial charge on any atom is -0.295 e. The normalized spacial score (nSPS) is 25.3. The lowest BCUT2D eigenvalue weighted by atomic mass is 10.0. The molecule has 4 aliphatic heterocycles. The molecule has 2 aromatic rings. The Labute approximate surface area is 222 Å². The van der Waals surface area contributed by atoms with Gasteiger partial charge in [-0.1, -0.05) is 31.0 Å². The van der Waals surface area contributed by atoms with E-state index in [4.69, 9.17) is 0 Å². The Morgan fingerprint density at radius 2 is 1.46 bits per heavy atom. The van der Waals surface area contributed by atoms with Crippen molar-refractivity contribution in [3.05, 3.63) is 54.1 Å². The van der Waals surface area contributed by atoms with E-state index in [1.807, 2.05) is 29.2 Å². The third-order valence-corrected chi connectivity index (χ3v) is 11.2. The second kappa shape index (κ2) is 9.72. The molecule has 1 spiro atoms. The molecular weight excluding hydrogens is 508 g/mol. The van der Waals surface area contributed by atoms with Crippen molar-refractivity contribution in [1.29, 1.82) is 0 Å². The van der Waals surface area contributed by atoms with Crippen molar-refractivity contribution in [2.45, 2.75) is 48.3 Å². The van der Waals surface area contributed by atoms with Crippen LogP contribution in [0.1, 0.15) is 44.1 Å². The number of piperidine rings is 2. The van der Waals surface area contributed by atoms with E-state index >= 15 is 0 Å². The summed E-state index contributed by atoms with van der Waals surface area (Å²) in [6, 6.07) is 14.2. The third-order valence-electron chi connectivity index (χ3n) is 7.90. The molecule has 0 aliphatic carbocycles. The lowest BCUT2D eigenvalue weighted by molar-refractivity contribution is -0.124. The maximum Gasteiger partial charge on any atom is 0.269 e. The predicted molar refractivity (Wildman–Crippen MR) is 145 cm³/mol. The number of hydrogen-bond acceptors (Lipinski definition) is 6. The molecule has 3 fully saturated rings. The van der Waals surface area contributed by atoms with Crippen molar-refractivity contribution in [2.24, 2.45) is 0 Å². The van der Waals surface area contributed by atoms with Gasteiger partial charge in [0.1, 0.15) is 0 Å². The van der Waals surface area contributed by atoms with Crippen LogP contribution in [0.5, 0.6) is 0 Å². The molecule has 0 bridgehead atoms. The Morgan fingerprint density at radius 1 is 0.811 bits per heavy atom. The van der Waals surface area contributed by atoms with Gasteiger partial charge in [0.25, 0.3) is 5.91 Å². The smallest absolute Gasteiger partial charge is 0.269 e. The molecule has 6 rings (SSSR count). The third kappa shape index (κ3) is 4.09. The molecule has 0 aromatic heterocycles. The molecule has 1 unspecified atom stereocenters. The molecule has 4 aliphatic rings. The zero-order valence-electron chi connectivity index (χ0n) is 20.8. The standard InChI is InChI=1S/C27H32N4O4S2/c32-25-19-36-27(23-9-3-4-10-24(23)30(26(27)33)20-28-15-5-1-6-16-28)31(25)21-11-13-22(14-12-21)37(34,35)29-17-7-2-8-18-29/h3-4,9-14H,1-2,5-8,15-20H2. The van der Waals surface area contributed by atoms with Gasteiger partial charge in [-0.15, -0.1) is 11.8 Å². The largest absolute Gasteiger partial charge is 0.295 e. The molecule has 196 valence electrons. The van der Waals surface area contributed by atoms with Gasteiger partial charge in [-0.3, -0.25) is 24.3 Å². The first-order valence-electron chi connectivity index (χ1n) is 13.1. The van der Waals surface area contributed by atoms with Crippen LogP contribution in [-0.2, 0) is 24.5 Å². The fourth-order valence-corrected chi connectivity index (χ4v) is 8.89. The second-order valence-electron chi connectivity index (χ2n) is 10.2. The first kappa shape index (κ1) is 24.9. The average molecular weight is 541 g/mol. The molecule has 0 radical (unpaired) electrons. The summed E-state index contributed by atoms with van der Waals surface area (Å²) >= 11 is 1.35. The van der Waals surface area contributed by atoms with Gasteiger partial charge in [0.15, 0.2) is 0 Å². The summed E-state index contributed by atoms with van der Waals surface area (Å²) in [5, 5.41) is 0. The van der Waals surface area contributed by atoms with E-state index in [2.05, 4.69) is 4.90 Å². The number of benzene rings is 2. The van der Waals surface area contributed by atoms with Gasteiger partial charge >= 0.3 is 0 Å². The number of amides is 2. The summed E-state index contributed by atoms with van der Waals surface area (Å²) in [4.78, 5) is 32.3. The number of carbonyl (C=O) groups is 2. The van der Waals surface area contributed by atoms with Crippen LogP contribution in [0, 0.1) is 0 Å². The van der Waals surface area contributed by atoms with Gasteiger partial charge in [0.2, 0.25) is 20.8 Å². The van der Waals surface area contributed by atoms with Crippen LogP contribution in [-0.4, -0.2) is 68.0 Å². The molecule has 10 heteroatoms. The average Bonchev–Trinajstić information content (AvgIpc) is 3.40. The number of likely N-dealkylation sites (tertiary alicyclic amines) is 1. The number of para-hydroxylation sites is 1. The summed E-state index contributed by atoms with van der Waals surface area (Å²) in [6.45, 7) is 3.50. The predicted octanol–water partition coefficient (Wildman–Crippen LogP) is 3.58. The topological polar surface area (TPSA) is 81.2 Å². The number of sulfonamides is 1. The van der Waals surface area contributed by atoms with Gasteiger partial charge in [-0.2, -0.15) is 4.31 Å². The summed E-state index contributed by atoms with van der Waals surface area (Å²) < 4.78 is 27.9. The quantitative estimate of drug-likeness (QED) is 0.577. The van der Waals surface area contributed by atoms with Crippen LogP contribution in [0.25, 0.3) is 0 Å². The number of hydrogen-bond donors (Lipinski definition) is 0. The first-order valence-corrected chi connectivity index (χ1v) is 15.6. The molecule has 2 aromatic carbocycles. The highest BCUT2D eigenvalue weighted by atomic mass is 32.2. The van der Waals surface area contributed by atoms with E-state index in [9.17, 15) is 18.0 Å². The van der Waals surface area contributed by atoms with Crippen LogP contribution in [0.2, 0.25) is 0 Å². The van der Waals surface area contributed by atoms with Gasteiger partial charge in [0.05, 0.1) is 23.0 Å². The van der Waals surface area contributed by atoms with Crippen LogP contribution < -0.4 is 9.80 Å². The minimum absolute atomic E-state index is 0.111. The monoisotopic (exact) mass is 540 g/mol. The van der Waals surface area contributed by atoms with Crippen molar-refractivity contribution in [3.8, 4) is 0 Å². The fourth-order valence-electron chi connectivity index (χ4n) is 6.02. The molecule has 8 nitrogen and oxygen atoms in total. The number of thioether (sulfide) groups is 1. The number of rotatable bonds is 5. The van der Waals surface area contributed by atoms with E-state index < -0.39 is 14.9 Å². The Kier molecular flexibility index (Phi) is 6.55. The van der Waals surface area contributed by atoms with Crippen LogP contribution in [0.4, 0.5) is 11.4 Å². The molecule has 1 atom stereocenters. The van der Waals surface area contributed by atoms with Crippen molar-refractivity contribution in [3.63, 3.8) is 0 Å². The van der Waals surface area contributed by atoms with Crippen LogP contribution in [0.15, 0.2) is 53.4 Å². The highest BCUT2D eigenvalue weighted by Crippen LogP contribution is 2.55.